The second-order valence-corrected chi connectivity index (χ2v) is 16.0. The second kappa shape index (κ2) is 36.1. The van der Waals surface area contributed by atoms with Crippen LogP contribution in [-0.4, -0.2) is 70.0 Å². The number of rotatable bonds is 36. The van der Waals surface area contributed by atoms with Gasteiger partial charge < -0.3 is 27.9 Å². The quantitative estimate of drug-likeness (QED) is 0.0203. The van der Waals surface area contributed by atoms with Crippen LogP contribution in [0.3, 0.4) is 0 Å². The molecular weight excluding hydrogens is 701 g/mol. The summed E-state index contributed by atoms with van der Waals surface area (Å²) in [4.78, 5) is 37.4. The van der Waals surface area contributed by atoms with Crippen molar-refractivity contribution in [2.45, 2.75) is 148 Å². The molecule has 0 aliphatic heterocycles. The van der Waals surface area contributed by atoms with Gasteiger partial charge in [0.1, 0.15) is 19.8 Å². The van der Waals surface area contributed by atoms with Crippen molar-refractivity contribution in [3.05, 3.63) is 72.9 Å². The Hall–Kier alpha value is -2.55. The van der Waals surface area contributed by atoms with E-state index in [-0.39, 0.29) is 26.1 Å². The number of likely N-dealkylation sites (N-methyl/N-ethyl adjacent to an activating group) is 1. The maximum Gasteiger partial charge on any atom is 0.306 e. The van der Waals surface area contributed by atoms with E-state index >= 15 is 0 Å². The van der Waals surface area contributed by atoms with E-state index < -0.39 is 32.5 Å². The molecule has 54 heavy (non-hydrogen) atoms. The molecule has 310 valence electrons. The molecule has 2 atom stereocenters. The van der Waals surface area contributed by atoms with E-state index in [1.54, 1.807) is 0 Å². The van der Waals surface area contributed by atoms with E-state index in [0.29, 0.717) is 23.9 Å². The monoisotopic (exact) mass is 778 g/mol. The fraction of sp³-hybridized carbons (Fsp3) is 0.682. The number of phosphoric acid groups is 1. The fourth-order valence-electron chi connectivity index (χ4n) is 4.97. The number of allylic oxidation sites excluding steroid dienone is 12. The highest BCUT2D eigenvalue weighted by molar-refractivity contribution is 7.45. The van der Waals surface area contributed by atoms with E-state index in [0.717, 1.165) is 83.5 Å². The van der Waals surface area contributed by atoms with Crippen molar-refractivity contribution in [3.8, 4) is 0 Å². The highest BCUT2D eigenvalue weighted by Crippen LogP contribution is 2.38. The average Bonchev–Trinajstić information content (AvgIpc) is 3.12. The van der Waals surface area contributed by atoms with E-state index in [9.17, 15) is 19.0 Å². The van der Waals surface area contributed by atoms with Gasteiger partial charge in [-0.25, -0.2) is 0 Å². The maximum absolute atomic E-state index is 12.6. The average molecular weight is 778 g/mol. The number of phosphoric ester groups is 1. The van der Waals surface area contributed by atoms with Gasteiger partial charge >= 0.3 is 11.9 Å². The summed E-state index contributed by atoms with van der Waals surface area (Å²) in [6.45, 7) is 3.99. The molecule has 0 saturated carbocycles. The maximum atomic E-state index is 12.6. The summed E-state index contributed by atoms with van der Waals surface area (Å²) < 4.78 is 33.8. The summed E-state index contributed by atoms with van der Waals surface area (Å²) in [5, 5.41) is 0. The summed E-state index contributed by atoms with van der Waals surface area (Å²) in [6, 6.07) is 0. The smallest absolute Gasteiger partial charge is 0.306 e. The van der Waals surface area contributed by atoms with E-state index in [1.165, 1.54) is 19.3 Å². The van der Waals surface area contributed by atoms with Gasteiger partial charge in [-0.1, -0.05) is 119 Å². The molecule has 0 aromatic rings. The third-order valence-electron chi connectivity index (χ3n) is 8.21. The number of hydrogen-bond donors (Lipinski definition) is 0. The topological polar surface area (TPSA) is 111 Å². The Kier molecular flexibility index (Phi) is 34.4. The first-order valence-electron chi connectivity index (χ1n) is 20.6. The van der Waals surface area contributed by atoms with E-state index in [2.05, 4.69) is 86.8 Å². The number of esters is 2. The van der Waals surface area contributed by atoms with Crippen LogP contribution in [0.5, 0.6) is 0 Å². The van der Waals surface area contributed by atoms with Gasteiger partial charge in [0.25, 0.3) is 7.82 Å². The Balaban J connectivity index is 4.51. The Bertz CT molecular complexity index is 1150. The number of carbonyl (C=O) groups excluding carboxylic acids is 2. The first-order valence-corrected chi connectivity index (χ1v) is 22.1. The van der Waals surface area contributed by atoms with Crippen LogP contribution < -0.4 is 4.89 Å². The van der Waals surface area contributed by atoms with Crippen molar-refractivity contribution in [1.82, 2.24) is 0 Å². The lowest BCUT2D eigenvalue weighted by atomic mass is 10.1. The molecule has 0 saturated heterocycles. The minimum atomic E-state index is -4.64. The molecule has 0 spiro atoms. The summed E-state index contributed by atoms with van der Waals surface area (Å²) >= 11 is 0. The standard InChI is InChI=1S/C44H76NO8P/c1-6-8-10-12-14-16-18-20-22-24-26-28-30-32-34-36-43(46)50-40-42(41-52-54(48,49)51-39-38-45(3,4)5)53-44(47)37-35-33-31-29-27-25-23-21-19-17-15-13-11-9-7-2/h9,11,14-17,20-23,26,28,42H,6-8,10,12-13,18-19,24-25,27,29-41H2,1-5H3/b11-9-,16-14-,17-15-,22-20-,23-21-,28-26-/t42-/m1/s1. The molecule has 0 fully saturated rings. The Morgan fingerprint density at radius 1 is 0.593 bits per heavy atom. The van der Waals surface area contributed by atoms with Crippen LogP contribution in [0.4, 0.5) is 0 Å². The first kappa shape index (κ1) is 51.5. The van der Waals surface area contributed by atoms with Gasteiger partial charge in [-0.3, -0.25) is 14.2 Å². The Labute approximate surface area is 329 Å². The molecule has 1 unspecified atom stereocenters. The van der Waals surface area contributed by atoms with Crippen molar-refractivity contribution < 1.29 is 42.1 Å². The van der Waals surface area contributed by atoms with Crippen molar-refractivity contribution >= 4 is 19.8 Å². The van der Waals surface area contributed by atoms with E-state index in [1.807, 2.05) is 21.1 Å². The normalized spacial score (nSPS) is 14.4. The van der Waals surface area contributed by atoms with Crippen LogP contribution in [0.1, 0.15) is 142 Å². The minimum Gasteiger partial charge on any atom is -0.756 e. The van der Waals surface area contributed by atoms with Gasteiger partial charge in [-0.15, -0.1) is 0 Å². The SMILES string of the molecule is CC/C=C\C/C=C\C/C=C\CCCCCCCC(=O)O[C@H](COC(=O)CCCC/C=C\C/C=C\C/C=C\CCCCC)COP(=O)([O-])OCC[N+](C)(C)C. The second-order valence-electron chi connectivity index (χ2n) is 14.6. The zero-order valence-corrected chi connectivity index (χ0v) is 35.5. The number of hydrogen-bond acceptors (Lipinski definition) is 8. The summed E-state index contributed by atoms with van der Waals surface area (Å²) in [5.41, 5.74) is 0. The van der Waals surface area contributed by atoms with Crippen molar-refractivity contribution in [1.29, 1.82) is 0 Å². The predicted molar refractivity (Wildman–Crippen MR) is 222 cm³/mol. The molecule has 0 aliphatic carbocycles. The van der Waals surface area contributed by atoms with Gasteiger partial charge in [0.15, 0.2) is 6.10 Å². The van der Waals surface area contributed by atoms with Gasteiger partial charge in [0.2, 0.25) is 0 Å². The van der Waals surface area contributed by atoms with Crippen LogP contribution in [0.25, 0.3) is 0 Å². The van der Waals surface area contributed by atoms with Gasteiger partial charge in [0.05, 0.1) is 27.7 Å². The molecule has 0 aromatic heterocycles. The largest absolute Gasteiger partial charge is 0.756 e. The summed E-state index contributed by atoms with van der Waals surface area (Å²) in [6.07, 6.45) is 43.6. The number of quaternary nitrogens is 1. The predicted octanol–water partition coefficient (Wildman–Crippen LogP) is 10.8. The molecule has 0 amide bonds. The van der Waals surface area contributed by atoms with Crippen LogP contribution >= 0.6 is 7.82 Å². The van der Waals surface area contributed by atoms with Crippen molar-refractivity contribution in [3.63, 3.8) is 0 Å². The van der Waals surface area contributed by atoms with Crippen molar-refractivity contribution in [2.75, 3.05) is 47.5 Å². The number of ether oxygens (including phenoxy) is 2. The third kappa shape index (κ3) is 39.2. The molecule has 0 N–H and O–H groups in total. The highest BCUT2D eigenvalue weighted by Gasteiger charge is 2.21. The summed E-state index contributed by atoms with van der Waals surface area (Å²) in [5.74, 6) is -0.908. The lowest BCUT2D eigenvalue weighted by molar-refractivity contribution is -0.870. The molecule has 0 radical (unpaired) electrons. The summed E-state index contributed by atoms with van der Waals surface area (Å²) in [7, 11) is 1.12. The zero-order valence-electron chi connectivity index (χ0n) is 34.6. The molecule has 9 nitrogen and oxygen atoms in total. The molecule has 10 heteroatoms. The van der Waals surface area contributed by atoms with Gasteiger partial charge in [-0.2, -0.15) is 0 Å². The molecule has 0 aromatic carbocycles. The third-order valence-corrected chi connectivity index (χ3v) is 9.17. The van der Waals surface area contributed by atoms with Gasteiger partial charge in [-0.05, 0) is 83.5 Å². The molecule has 0 rings (SSSR count). The molecular formula is C44H76NO8P. The number of carbonyl (C=O) groups is 2. The molecule has 0 heterocycles. The lowest BCUT2D eigenvalue weighted by Gasteiger charge is -2.28. The van der Waals surface area contributed by atoms with Crippen LogP contribution in [0, 0.1) is 0 Å². The fourth-order valence-corrected chi connectivity index (χ4v) is 5.70. The lowest BCUT2D eigenvalue weighted by Crippen LogP contribution is -2.37. The zero-order chi connectivity index (χ0) is 40.0. The number of nitrogens with zero attached hydrogens (tertiary/aromatic N) is 1. The minimum absolute atomic E-state index is 0.0444. The first-order chi connectivity index (χ1) is 26.0. The Morgan fingerprint density at radius 3 is 1.61 bits per heavy atom. The van der Waals surface area contributed by atoms with Crippen LogP contribution in [-0.2, 0) is 32.7 Å². The van der Waals surface area contributed by atoms with Crippen LogP contribution in [0.2, 0.25) is 0 Å². The highest BCUT2D eigenvalue weighted by atomic mass is 31.2. The molecule has 0 bridgehead atoms. The Morgan fingerprint density at radius 2 is 1.06 bits per heavy atom. The van der Waals surface area contributed by atoms with Crippen molar-refractivity contribution in [2.24, 2.45) is 0 Å². The van der Waals surface area contributed by atoms with Crippen LogP contribution in [0.15, 0.2) is 72.9 Å². The number of unbranched alkanes of at least 4 members (excludes halogenated alkanes) is 10. The van der Waals surface area contributed by atoms with E-state index in [4.69, 9.17) is 18.5 Å². The van der Waals surface area contributed by atoms with Gasteiger partial charge in [0, 0.05) is 12.8 Å². The molecule has 0 aliphatic rings.